The van der Waals surface area contributed by atoms with Crippen LogP contribution in [0.2, 0.25) is 18.1 Å². The summed E-state index contributed by atoms with van der Waals surface area (Å²) in [5, 5.41) is 6.24. The minimum absolute atomic E-state index is 0.0177. The maximum atomic E-state index is 12.4. The topological polar surface area (TPSA) is 68.3 Å². The van der Waals surface area contributed by atoms with Crippen LogP contribution in [0.4, 0.5) is 0 Å². The van der Waals surface area contributed by atoms with Crippen molar-refractivity contribution in [2.75, 3.05) is 0 Å². The monoisotopic (exact) mass is 271 g/mol. The number of nitrogens with two attached hydrogens (primary N) is 1. The lowest BCUT2D eigenvalue weighted by molar-refractivity contribution is 0.672. The summed E-state index contributed by atoms with van der Waals surface area (Å²) in [6.45, 7) is 10.5. The molecule has 4 nitrogen and oxygen atoms in total. The van der Waals surface area contributed by atoms with Crippen molar-refractivity contribution in [1.29, 1.82) is 0 Å². The molecule has 0 fully saturated rings. The molecular formula is C11H21N3OSSi. The Morgan fingerprint density at radius 2 is 1.94 bits per heavy atom. The Kier molecular flexibility index (Phi) is 3.80. The van der Waals surface area contributed by atoms with Crippen molar-refractivity contribution in [1.82, 2.24) is 4.98 Å². The van der Waals surface area contributed by atoms with Gasteiger partial charge in [0, 0.05) is 6.20 Å². The van der Waals surface area contributed by atoms with Crippen LogP contribution < -0.4 is 5.14 Å². The molecule has 0 saturated heterocycles. The summed E-state index contributed by atoms with van der Waals surface area (Å²) >= 11 is 0. The first-order chi connectivity index (χ1) is 7.56. The lowest BCUT2D eigenvalue weighted by Gasteiger charge is -2.32. The normalized spacial score (nSPS) is 16.4. The SMILES string of the molecule is CC(C)(C)[Si](C)(C)N=S(N)(=O)c1ccccn1. The zero-order chi connectivity index (χ0) is 13.3. The van der Waals surface area contributed by atoms with E-state index in [-0.39, 0.29) is 5.04 Å². The van der Waals surface area contributed by atoms with Gasteiger partial charge in [0.2, 0.25) is 0 Å². The van der Waals surface area contributed by atoms with Gasteiger partial charge in [-0.3, -0.25) is 4.03 Å². The van der Waals surface area contributed by atoms with Gasteiger partial charge in [0.15, 0.2) is 8.24 Å². The highest BCUT2D eigenvalue weighted by Crippen LogP contribution is 2.37. The molecule has 0 aromatic carbocycles. The van der Waals surface area contributed by atoms with Crippen LogP contribution in [0.15, 0.2) is 33.5 Å². The molecule has 0 spiro atoms. The molecule has 0 aliphatic carbocycles. The van der Waals surface area contributed by atoms with E-state index in [0.717, 1.165) is 0 Å². The van der Waals surface area contributed by atoms with E-state index in [4.69, 9.17) is 5.14 Å². The molecule has 0 amide bonds. The Morgan fingerprint density at radius 3 is 2.35 bits per heavy atom. The smallest absolute Gasteiger partial charge is 0.195 e. The predicted octanol–water partition coefficient (Wildman–Crippen LogP) is 2.79. The van der Waals surface area contributed by atoms with Crippen LogP contribution in [0.1, 0.15) is 20.8 Å². The van der Waals surface area contributed by atoms with Gasteiger partial charge in [0.25, 0.3) is 0 Å². The summed E-state index contributed by atoms with van der Waals surface area (Å²) in [6.07, 6.45) is 1.59. The summed E-state index contributed by atoms with van der Waals surface area (Å²) in [7, 11) is -4.91. The number of hydrogen-bond acceptors (Lipinski definition) is 3. The van der Waals surface area contributed by atoms with E-state index in [0.29, 0.717) is 5.03 Å². The molecule has 0 aliphatic rings. The van der Waals surface area contributed by atoms with Gasteiger partial charge >= 0.3 is 0 Å². The van der Waals surface area contributed by atoms with E-state index in [1.54, 1.807) is 24.4 Å². The average molecular weight is 271 g/mol. The molecule has 96 valence electrons. The lowest BCUT2D eigenvalue weighted by atomic mass is 10.2. The minimum atomic E-state index is -2.88. The lowest BCUT2D eigenvalue weighted by Crippen LogP contribution is -2.37. The van der Waals surface area contributed by atoms with Gasteiger partial charge in [-0.05, 0) is 30.3 Å². The average Bonchev–Trinajstić information content (AvgIpc) is 2.15. The fraction of sp³-hybridized carbons (Fsp3) is 0.545. The van der Waals surface area contributed by atoms with Gasteiger partial charge in [0.1, 0.15) is 14.9 Å². The van der Waals surface area contributed by atoms with E-state index < -0.39 is 18.2 Å². The third-order valence-corrected chi connectivity index (χ3v) is 10.6. The number of aromatic nitrogens is 1. The van der Waals surface area contributed by atoms with E-state index in [1.807, 2.05) is 0 Å². The van der Waals surface area contributed by atoms with Crippen molar-refractivity contribution >= 4 is 18.2 Å². The van der Waals surface area contributed by atoms with Crippen LogP contribution in [-0.4, -0.2) is 17.4 Å². The Morgan fingerprint density at radius 1 is 1.35 bits per heavy atom. The molecule has 6 heteroatoms. The Bertz CT molecular complexity index is 499. The van der Waals surface area contributed by atoms with Gasteiger partial charge in [-0.15, -0.1) is 0 Å². The van der Waals surface area contributed by atoms with Crippen molar-refractivity contribution in [3.63, 3.8) is 0 Å². The molecule has 0 bridgehead atoms. The van der Waals surface area contributed by atoms with Gasteiger partial charge in [0.05, 0.1) is 0 Å². The highest BCUT2D eigenvalue weighted by molar-refractivity contribution is 7.92. The first kappa shape index (κ1) is 14.3. The summed E-state index contributed by atoms with van der Waals surface area (Å²) in [5.74, 6) is 0. The zero-order valence-corrected chi connectivity index (χ0v) is 12.9. The highest BCUT2D eigenvalue weighted by atomic mass is 32.2. The summed E-state index contributed by atoms with van der Waals surface area (Å²) in [6, 6.07) is 5.21. The zero-order valence-electron chi connectivity index (χ0n) is 11.1. The van der Waals surface area contributed by atoms with Crippen molar-refractivity contribution in [2.45, 2.75) is 43.9 Å². The van der Waals surface area contributed by atoms with Gasteiger partial charge in [-0.2, -0.15) is 0 Å². The fourth-order valence-corrected chi connectivity index (χ4v) is 5.71. The molecule has 0 aliphatic heterocycles. The molecule has 17 heavy (non-hydrogen) atoms. The maximum absolute atomic E-state index is 12.4. The summed E-state index contributed by atoms with van der Waals surface area (Å²) < 4.78 is 16.9. The van der Waals surface area contributed by atoms with Crippen LogP contribution in [0.25, 0.3) is 0 Å². The first-order valence-corrected chi connectivity index (χ1v) is 10.1. The van der Waals surface area contributed by atoms with Gasteiger partial charge in [-0.25, -0.2) is 14.3 Å². The van der Waals surface area contributed by atoms with Gasteiger partial charge in [-0.1, -0.05) is 26.8 Å². The van der Waals surface area contributed by atoms with Crippen LogP contribution in [-0.2, 0) is 9.92 Å². The molecule has 1 rings (SSSR count). The minimum Gasteiger partial charge on any atom is -0.260 e. The second-order valence-corrected chi connectivity index (χ2v) is 12.5. The molecule has 1 unspecified atom stereocenters. The van der Waals surface area contributed by atoms with Crippen molar-refractivity contribution in [2.24, 2.45) is 9.17 Å². The third kappa shape index (κ3) is 3.37. The van der Waals surface area contributed by atoms with Crippen LogP contribution in [0.5, 0.6) is 0 Å². The number of hydrogen-bond donors (Lipinski definition) is 1. The molecule has 1 atom stereocenters. The molecule has 0 saturated carbocycles. The maximum Gasteiger partial charge on any atom is 0.195 e. The van der Waals surface area contributed by atoms with E-state index in [1.165, 1.54) is 0 Å². The van der Waals surface area contributed by atoms with E-state index in [2.05, 4.69) is 42.9 Å². The Balaban J connectivity index is 3.29. The second-order valence-electron chi connectivity index (χ2n) is 5.64. The fourth-order valence-electron chi connectivity index (χ4n) is 1.04. The molecule has 1 aromatic rings. The second kappa shape index (κ2) is 4.51. The molecule has 2 N–H and O–H groups in total. The number of rotatable bonds is 2. The summed E-state index contributed by atoms with van der Waals surface area (Å²) in [5.41, 5.74) is 0. The summed E-state index contributed by atoms with van der Waals surface area (Å²) in [4.78, 5) is 4.04. The van der Waals surface area contributed by atoms with Crippen LogP contribution in [0.3, 0.4) is 0 Å². The largest absolute Gasteiger partial charge is 0.260 e. The number of nitrogens with zero attached hydrogens (tertiary/aromatic N) is 2. The highest BCUT2D eigenvalue weighted by Gasteiger charge is 2.37. The Hall–Kier alpha value is -0.723. The van der Waals surface area contributed by atoms with Crippen molar-refractivity contribution in [3.05, 3.63) is 24.4 Å². The Labute approximate surface area is 105 Å². The van der Waals surface area contributed by atoms with Crippen LogP contribution in [0, 0.1) is 0 Å². The quantitative estimate of drug-likeness (QED) is 0.840. The van der Waals surface area contributed by atoms with Crippen molar-refractivity contribution in [3.8, 4) is 0 Å². The van der Waals surface area contributed by atoms with Crippen LogP contribution >= 0.6 is 0 Å². The predicted molar refractivity (Wildman–Crippen MR) is 74.5 cm³/mol. The molecular weight excluding hydrogens is 250 g/mol. The van der Waals surface area contributed by atoms with Gasteiger partial charge < -0.3 is 0 Å². The molecule has 1 heterocycles. The first-order valence-electron chi connectivity index (χ1n) is 5.53. The third-order valence-electron chi connectivity index (χ3n) is 3.14. The van der Waals surface area contributed by atoms with E-state index in [9.17, 15) is 4.21 Å². The standard InChI is InChI=1S/C11H21N3OSSi/c1-11(2,3)17(4,5)14-16(12,15)10-8-6-7-9-13-10/h6-9H,1-5H3,(H2,12,14,15). The van der Waals surface area contributed by atoms with E-state index >= 15 is 0 Å². The number of pyridine rings is 1. The molecule has 0 radical (unpaired) electrons. The van der Waals surface area contributed by atoms with Crippen molar-refractivity contribution < 1.29 is 4.21 Å². The molecule has 1 aromatic heterocycles.